The fourth-order valence-electron chi connectivity index (χ4n) is 3.12. The fourth-order valence-corrected chi connectivity index (χ4v) is 3.12. The molecule has 1 heterocycles. The van der Waals surface area contributed by atoms with Crippen LogP contribution in [0, 0.1) is 0 Å². The second-order valence-corrected chi connectivity index (χ2v) is 7.12. The first-order valence-electron chi connectivity index (χ1n) is 9.40. The van der Waals surface area contributed by atoms with Gasteiger partial charge in [-0.2, -0.15) is 5.10 Å². The summed E-state index contributed by atoms with van der Waals surface area (Å²) in [5.41, 5.74) is 2.85. The molecule has 4 N–H and O–H groups in total. The zero-order valence-electron chi connectivity index (χ0n) is 16.4. The van der Waals surface area contributed by atoms with E-state index in [1.54, 1.807) is 6.07 Å². The van der Waals surface area contributed by atoms with Crippen molar-refractivity contribution in [1.82, 2.24) is 20.1 Å². The number of phenols is 2. The molecule has 148 valence electrons. The lowest BCUT2D eigenvalue weighted by molar-refractivity contribution is 0.444. The Morgan fingerprint density at radius 1 is 1.11 bits per heavy atom. The minimum absolute atomic E-state index is 0.0250. The van der Waals surface area contributed by atoms with Crippen LogP contribution in [0.25, 0.3) is 11.4 Å². The summed E-state index contributed by atoms with van der Waals surface area (Å²) < 4.78 is 1.48. The van der Waals surface area contributed by atoms with Gasteiger partial charge in [-0.1, -0.05) is 45.0 Å². The van der Waals surface area contributed by atoms with E-state index in [-0.39, 0.29) is 23.1 Å². The van der Waals surface area contributed by atoms with Crippen LogP contribution >= 0.6 is 0 Å². The highest BCUT2D eigenvalue weighted by Crippen LogP contribution is 2.36. The third-order valence-corrected chi connectivity index (χ3v) is 4.71. The molecule has 0 bridgehead atoms. The molecule has 7 heteroatoms. The average molecular weight is 382 g/mol. The first kappa shape index (κ1) is 19.7. The van der Waals surface area contributed by atoms with E-state index >= 15 is 0 Å². The summed E-state index contributed by atoms with van der Waals surface area (Å²) in [6.07, 6.45) is 0. The van der Waals surface area contributed by atoms with Gasteiger partial charge in [0.15, 0.2) is 5.82 Å². The molecule has 3 rings (SSSR count). The molecule has 3 aromatic rings. The molecule has 28 heavy (non-hydrogen) atoms. The Morgan fingerprint density at radius 3 is 2.43 bits per heavy atom. The van der Waals surface area contributed by atoms with E-state index in [1.807, 2.05) is 38.1 Å². The number of H-pyrrole nitrogens is 1. The standard InChI is InChI=1S/C21H26N4O3/c1-4-22-11-14-5-7-15(8-6-14)12-25-20(23-24-21(25)28)17-9-16(13(2)3)18(26)10-19(17)27/h5-10,13,22,26-27H,4,11-12H2,1-3H3,(H,24,28). The number of rotatable bonds is 7. The zero-order valence-corrected chi connectivity index (χ0v) is 16.4. The van der Waals surface area contributed by atoms with Crippen molar-refractivity contribution in [1.29, 1.82) is 0 Å². The topological polar surface area (TPSA) is 103 Å². The van der Waals surface area contributed by atoms with Gasteiger partial charge in [0.25, 0.3) is 0 Å². The number of aromatic nitrogens is 3. The van der Waals surface area contributed by atoms with E-state index in [2.05, 4.69) is 22.4 Å². The predicted octanol–water partition coefficient (Wildman–Crippen LogP) is 2.93. The third kappa shape index (κ3) is 4.09. The van der Waals surface area contributed by atoms with Crippen molar-refractivity contribution in [3.8, 4) is 22.9 Å². The summed E-state index contributed by atoms with van der Waals surface area (Å²) in [6.45, 7) is 7.98. The predicted molar refractivity (Wildman–Crippen MR) is 109 cm³/mol. The van der Waals surface area contributed by atoms with Gasteiger partial charge in [0.05, 0.1) is 12.1 Å². The van der Waals surface area contributed by atoms with Gasteiger partial charge in [-0.15, -0.1) is 0 Å². The number of benzene rings is 2. The maximum Gasteiger partial charge on any atom is 0.343 e. The lowest BCUT2D eigenvalue weighted by Gasteiger charge is -2.13. The van der Waals surface area contributed by atoms with E-state index < -0.39 is 0 Å². The molecule has 0 fully saturated rings. The van der Waals surface area contributed by atoms with E-state index in [4.69, 9.17) is 0 Å². The molecule has 0 atom stereocenters. The van der Waals surface area contributed by atoms with Crippen LogP contribution in [0.1, 0.15) is 43.4 Å². The lowest BCUT2D eigenvalue weighted by atomic mass is 9.98. The Hall–Kier alpha value is -3.06. The minimum atomic E-state index is -0.356. The molecule has 7 nitrogen and oxygen atoms in total. The van der Waals surface area contributed by atoms with Gasteiger partial charge in [0.1, 0.15) is 11.5 Å². The number of phenolic OH excluding ortho intramolecular Hbond substituents is 2. The quantitative estimate of drug-likeness (QED) is 0.503. The van der Waals surface area contributed by atoms with Gasteiger partial charge in [-0.3, -0.25) is 4.57 Å². The summed E-state index contributed by atoms with van der Waals surface area (Å²) in [7, 11) is 0. The van der Waals surface area contributed by atoms with E-state index in [9.17, 15) is 15.0 Å². The van der Waals surface area contributed by atoms with Crippen molar-refractivity contribution in [3.63, 3.8) is 0 Å². The molecule has 0 saturated carbocycles. The monoisotopic (exact) mass is 382 g/mol. The molecule has 1 aromatic heterocycles. The van der Waals surface area contributed by atoms with Crippen molar-refractivity contribution in [2.75, 3.05) is 6.54 Å². The number of hydrogen-bond donors (Lipinski definition) is 4. The molecule has 0 aliphatic carbocycles. The van der Waals surface area contributed by atoms with E-state index in [1.165, 1.54) is 16.2 Å². The first-order chi connectivity index (χ1) is 13.4. The highest BCUT2D eigenvalue weighted by Gasteiger charge is 2.18. The van der Waals surface area contributed by atoms with Crippen molar-refractivity contribution >= 4 is 0 Å². The first-order valence-corrected chi connectivity index (χ1v) is 9.40. The van der Waals surface area contributed by atoms with Crippen LogP contribution in [-0.2, 0) is 13.1 Å². The summed E-state index contributed by atoms with van der Waals surface area (Å²) in [5.74, 6) is 0.295. The van der Waals surface area contributed by atoms with Crippen LogP contribution in [-0.4, -0.2) is 31.5 Å². The molecule has 0 unspecified atom stereocenters. The number of nitrogens with one attached hydrogen (secondary N) is 2. The smallest absolute Gasteiger partial charge is 0.343 e. The minimum Gasteiger partial charge on any atom is -0.508 e. The van der Waals surface area contributed by atoms with Crippen LogP contribution in [0.15, 0.2) is 41.2 Å². The van der Waals surface area contributed by atoms with Crippen LogP contribution in [0.5, 0.6) is 11.5 Å². The molecule has 0 spiro atoms. The van der Waals surface area contributed by atoms with Gasteiger partial charge in [0.2, 0.25) is 0 Å². The molecular weight excluding hydrogens is 356 g/mol. The third-order valence-electron chi connectivity index (χ3n) is 4.71. The van der Waals surface area contributed by atoms with Gasteiger partial charge >= 0.3 is 5.69 Å². The van der Waals surface area contributed by atoms with Crippen molar-refractivity contribution in [2.45, 2.75) is 39.8 Å². The fraction of sp³-hybridized carbons (Fsp3) is 0.333. The van der Waals surface area contributed by atoms with E-state index in [0.717, 1.165) is 18.7 Å². The lowest BCUT2D eigenvalue weighted by Crippen LogP contribution is -2.18. The zero-order chi connectivity index (χ0) is 20.3. The van der Waals surface area contributed by atoms with Crippen LogP contribution in [0.4, 0.5) is 0 Å². The molecule has 0 saturated heterocycles. The molecule has 0 amide bonds. The van der Waals surface area contributed by atoms with Crippen molar-refractivity contribution in [2.24, 2.45) is 0 Å². The SMILES string of the molecule is CCNCc1ccc(Cn2c(-c3cc(C(C)C)c(O)cc3O)n[nH]c2=O)cc1. The van der Waals surface area contributed by atoms with Crippen LogP contribution in [0.3, 0.4) is 0 Å². The van der Waals surface area contributed by atoms with Crippen molar-refractivity contribution in [3.05, 3.63) is 63.6 Å². The largest absolute Gasteiger partial charge is 0.508 e. The number of aromatic hydroxyl groups is 2. The van der Waals surface area contributed by atoms with Gasteiger partial charge in [-0.25, -0.2) is 9.89 Å². The maximum atomic E-state index is 12.3. The molecule has 0 aliphatic rings. The Morgan fingerprint density at radius 2 is 1.79 bits per heavy atom. The van der Waals surface area contributed by atoms with E-state index in [0.29, 0.717) is 23.5 Å². The van der Waals surface area contributed by atoms with Gasteiger partial charge < -0.3 is 15.5 Å². The highest BCUT2D eigenvalue weighted by atomic mass is 16.3. The number of aromatic amines is 1. The van der Waals surface area contributed by atoms with Crippen LogP contribution < -0.4 is 11.0 Å². The van der Waals surface area contributed by atoms with Gasteiger partial charge in [0, 0.05) is 12.6 Å². The summed E-state index contributed by atoms with van der Waals surface area (Å²) in [5, 5.41) is 30.2. The second kappa shape index (κ2) is 8.31. The molecule has 0 radical (unpaired) electrons. The normalized spacial score (nSPS) is 11.3. The molecular formula is C21H26N4O3. The number of nitrogens with zero attached hydrogens (tertiary/aromatic N) is 2. The Kier molecular flexibility index (Phi) is 5.84. The molecule has 0 aliphatic heterocycles. The maximum absolute atomic E-state index is 12.3. The van der Waals surface area contributed by atoms with Crippen LogP contribution in [0.2, 0.25) is 0 Å². The molecule has 2 aromatic carbocycles. The Balaban J connectivity index is 1.95. The Labute approximate surface area is 163 Å². The number of hydrogen-bond acceptors (Lipinski definition) is 5. The summed E-state index contributed by atoms with van der Waals surface area (Å²) >= 11 is 0. The highest BCUT2D eigenvalue weighted by molar-refractivity contribution is 5.67. The average Bonchev–Trinajstić information content (AvgIpc) is 3.01. The van der Waals surface area contributed by atoms with Crippen molar-refractivity contribution < 1.29 is 10.2 Å². The Bertz CT molecular complexity index is 1000. The summed E-state index contributed by atoms with van der Waals surface area (Å²) in [6, 6.07) is 11.0. The summed E-state index contributed by atoms with van der Waals surface area (Å²) in [4.78, 5) is 12.3. The van der Waals surface area contributed by atoms with Gasteiger partial charge in [-0.05, 0) is 35.2 Å². The second-order valence-electron chi connectivity index (χ2n) is 7.12.